The Morgan fingerprint density at radius 2 is 2.16 bits per heavy atom. The molecule has 0 bridgehead atoms. The Balaban J connectivity index is 2.56. The summed E-state index contributed by atoms with van der Waals surface area (Å²) in [6.07, 6.45) is 2.10. The first-order chi connectivity index (χ1) is 9.02. The average molecular weight is 284 g/mol. The van der Waals surface area contributed by atoms with Crippen molar-refractivity contribution in [2.45, 2.75) is 33.6 Å². The lowest BCUT2D eigenvalue weighted by molar-refractivity contribution is 0.0952. The van der Waals surface area contributed by atoms with Gasteiger partial charge in [-0.3, -0.25) is 4.79 Å². The molecule has 0 unspecified atom stereocenters. The van der Waals surface area contributed by atoms with Crippen LogP contribution in [0.4, 0.5) is 5.82 Å². The molecule has 0 aromatic carbocycles. The molecule has 1 heterocycles. The number of carbonyl (C=O) groups is 1. The number of aromatic nitrogens is 1. The van der Waals surface area contributed by atoms with Crippen molar-refractivity contribution >= 4 is 23.3 Å². The van der Waals surface area contributed by atoms with Crippen molar-refractivity contribution in [3.8, 4) is 0 Å². The summed E-state index contributed by atoms with van der Waals surface area (Å²) in [4.78, 5) is 16.1. The highest BCUT2D eigenvalue weighted by molar-refractivity contribution is 6.29. The van der Waals surface area contributed by atoms with E-state index in [1.54, 1.807) is 12.1 Å². The number of pyridine rings is 1. The molecule has 0 fully saturated rings. The molecule has 0 aliphatic rings. The highest BCUT2D eigenvalue weighted by Gasteiger charge is 2.08. The molecule has 0 aliphatic heterocycles. The summed E-state index contributed by atoms with van der Waals surface area (Å²) in [6, 6.07) is 3.30. The molecule has 0 aliphatic carbocycles. The number of nitrogens with zero attached hydrogens (tertiary/aromatic N) is 1. The fourth-order valence-corrected chi connectivity index (χ4v) is 1.92. The maximum atomic E-state index is 12.0. The minimum atomic E-state index is -0.104. The molecule has 0 radical (unpaired) electrons. The van der Waals surface area contributed by atoms with Crippen molar-refractivity contribution in [1.82, 2.24) is 10.3 Å². The van der Waals surface area contributed by atoms with Gasteiger partial charge >= 0.3 is 0 Å². The van der Waals surface area contributed by atoms with Gasteiger partial charge in [-0.15, -0.1) is 0 Å². The molecule has 1 amide bonds. The van der Waals surface area contributed by atoms with E-state index in [1.807, 2.05) is 6.92 Å². The molecule has 106 valence electrons. The zero-order chi connectivity index (χ0) is 14.3. The summed E-state index contributed by atoms with van der Waals surface area (Å²) >= 11 is 5.90. The lowest BCUT2D eigenvalue weighted by atomic mass is 10.1. The number of amides is 1. The van der Waals surface area contributed by atoms with Gasteiger partial charge in [0, 0.05) is 18.7 Å². The van der Waals surface area contributed by atoms with Crippen LogP contribution < -0.4 is 10.6 Å². The maximum Gasteiger partial charge on any atom is 0.251 e. The third kappa shape index (κ3) is 5.92. The second-order valence-electron chi connectivity index (χ2n) is 4.89. The van der Waals surface area contributed by atoms with Gasteiger partial charge in [0.15, 0.2) is 0 Å². The lowest BCUT2D eigenvalue weighted by Crippen LogP contribution is -2.25. The van der Waals surface area contributed by atoms with Crippen LogP contribution in [-0.4, -0.2) is 24.0 Å². The molecule has 19 heavy (non-hydrogen) atoms. The summed E-state index contributed by atoms with van der Waals surface area (Å²) in [7, 11) is 0. The maximum absolute atomic E-state index is 12.0. The Bertz CT molecular complexity index is 421. The van der Waals surface area contributed by atoms with Gasteiger partial charge in [-0.2, -0.15) is 0 Å². The van der Waals surface area contributed by atoms with Crippen LogP contribution in [0.1, 0.15) is 44.0 Å². The molecule has 0 spiro atoms. The Labute approximate surface area is 120 Å². The van der Waals surface area contributed by atoms with Gasteiger partial charge in [-0.1, -0.05) is 25.4 Å². The molecule has 0 saturated carbocycles. The predicted octanol–water partition coefficient (Wildman–Crippen LogP) is 3.33. The topological polar surface area (TPSA) is 54.0 Å². The van der Waals surface area contributed by atoms with Crippen molar-refractivity contribution in [3.05, 3.63) is 22.8 Å². The molecule has 1 aromatic rings. The van der Waals surface area contributed by atoms with E-state index < -0.39 is 0 Å². The molecular weight excluding hydrogens is 262 g/mol. The van der Waals surface area contributed by atoms with Gasteiger partial charge in [0.25, 0.3) is 5.91 Å². The Morgan fingerprint density at radius 3 is 2.79 bits per heavy atom. The fourth-order valence-electron chi connectivity index (χ4n) is 1.71. The van der Waals surface area contributed by atoms with Crippen molar-refractivity contribution in [1.29, 1.82) is 0 Å². The number of hydrogen-bond acceptors (Lipinski definition) is 3. The van der Waals surface area contributed by atoms with Crippen LogP contribution >= 0.6 is 11.6 Å². The van der Waals surface area contributed by atoms with Crippen molar-refractivity contribution < 1.29 is 4.79 Å². The van der Waals surface area contributed by atoms with E-state index in [0.29, 0.717) is 29.0 Å². The summed E-state index contributed by atoms with van der Waals surface area (Å²) in [5.74, 6) is 1.18. The van der Waals surface area contributed by atoms with Crippen LogP contribution in [0.2, 0.25) is 5.15 Å². The van der Waals surface area contributed by atoms with Crippen molar-refractivity contribution in [2.24, 2.45) is 5.92 Å². The first kappa shape index (κ1) is 15.8. The zero-order valence-corrected chi connectivity index (χ0v) is 12.5. The van der Waals surface area contributed by atoms with Gasteiger partial charge in [-0.05, 0) is 37.8 Å². The van der Waals surface area contributed by atoms with Gasteiger partial charge in [0.05, 0.1) is 0 Å². The van der Waals surface area contributed by atoms with E-state index in [9.17, 15) is 4.79 Å². The van der Waals surface area contributed by atoms with Crippen molar-refractivity contribution in [2.75, 3.05) is 18.4 Å². The zero-order valence-electron chi connectivity index (χ0n) is 11.8. The van der Waals surface area contributed by atoms with E-state index in [2.05, 4.69) is 29.5 Å². The second-order valence-corrected chi connectivity index (χ2v) is 5.27. The second kappa shape index (κ2) is 8.00. The monoisotopic (exact) mass is 283 g/mol. The van der Waals surface area contributed by atoms with Crippen LogP contribution in [0.25, 0.3) is 0 Å². The SMILES string of the molecule is CCNc1cc(C(=O)NCCCC(C)C)cc(Cl)n1. The van der Waals surface area contributed by atoms with Crippen LogP contribution in [0.15, 0.2) is 12.1 Å². The van der Waals surface area contributed by atoms with Crippen LogP contribution in [0, 0.1) is 5.92 Å². The molecule has 4 nitrogen and oxygen atoms in total. The number of halogens is 1. The first-order valence-electron chi connectivity index (χ1n) is 6.72. The number of rotatable bonds is 7. The molecule has 5 heteroatoms. The standard InChI is InChI=1S/C14H22ClN3O/c1-4-16-13-9-11(8-12(15)18-13)14(19)17-7-5-6-10(2)3/h8-10H,4-7H2,1-3H3,(H,16,18)(H,17,19). The minimum absolute atomic E-state index is 0.104. The van der Waals surface area contributed by atoms with Gasteiger partial charge in [0.2, 0.25) is 0 Å². The van der Waals surface area contributed by atoms with E-state index in [-0.39, 0.29) is 5.91 Å². The van der Waals surface area contributed by atoms with Crippen molar-refractivity contribution in [3.63, 3.8) is 0 Å². The lowest BCUT2D eigenvalue weighted by Gasteiger charge is -2.09. The number of nitrogens with one attached hydrogen (secondary N) is 2. The molecule has 2 N–H and O–H groups in total. The Morgan fingerprint density at radius 1 is 1.42 bits per heavy atom. The Hall–Kier alpha value is -1.29. The summed E-state index contributed by atoms with van der Waals surface area (Å²) in [5.41, 5.74) is 0.542. The number of hydrogen-bond donors (Lipinski definition) is 2. The number of anilines is 1. The Kier molecular flexibility index (Phi) is 6.64. The normalized spacial score (nSPS) is 10.6. The summed E-state index contributed by atoms with van der Waals surface area (Å²) in [6.45, 7) is 7.74. The smallest absolute Gasteiger partial charge is 0.251 e. The minimum Gasteiger partial charge on any atom is -0.370 e. The van der Waals surface area contributed by atoms with E-state index >= 15 is 0 Å². The molecular formula is C14H22ClN3O. The third-order valence-electron chi connectivity index (χ3n) is 2.66. The van der Waals surface area contributed by atoms with E-state index in [0.717, 1.165) is 19.4 Å². The van der Waals surface area contributed by atoms with Crippen LogP contribution in [-0.2, 0) is 0 Å². The first-order valence-corrected chi connectivity index (χ1v) is 7.10. The summed E-state index contributed by atoms with van der Waals surface area (Å²) in [5, 5.41) is 6.27. The molecule has 0 atom stereocenters. The van der Waals surface area contributed by atoms with Crippen LogP contribution in [0.3, 0.4) is 0 Å². The molecule has 1 rings (SSSR count). The third-order valence-corrected chi connectivity index (χ3v) is 2.85. The van der Waals surface area contributed by atoms with Gasteiger partial charge in [0.1, 0.15) is 11.0 Å². The fraction of sp³-hybridized carbons (Fsp3) is 0.571. The summed E-state index contributed by atoms with van der Waals surface area (Å²) < 4.78 is 0. The predicted molar refractivity (Wildman–Crippen MR) is 79.8 cm³/mol. The van der Waals surface area contributed by atoms with E-state index in [1.165, 1.54) is 0 Å². The van der Waals surface area contributed by atoms with E-state index in [4.69, 9.17) is 11.6 Å². The molecule has 1 aromatic heterocycles. The number of carbonyl (C=O) groups excluding carboxylic acids is 1. The average Bonchev–Trinajstić information content (AvgIpc) is 2.34. The van der Waals surface area contributed by atoms with Gasteiger partial charge in [-0.25, -0.2) is 4.98 Å². The quantitative estimate of drug-likeness (QED) is 0.596. The molecule has 0 saturated heterocycles. The highest BCUT2D eigenvalue weighted by Crippen LogP contribution is 2.14. The highest BCUT2D eigenvalue weighted by atomic mass is 35.5. The largest absolute Gasteiger partial charge is 0.370 e. The van der Waals surface area contributed by atoms with Gasteiger partial charge < -0.3 is 10.6 Å². The van der Waals surface area contributed by atoms with Crippen LogP contribution in [0.5, 0.6) is 0 Å².